The molecular formula is C27H24N4O2S. The van der Waals surface area contributed by atoms with Crippen molar-refractivity contribution in [3.63, 3.8) is 0 Å². The van der Waals surface area contributed by atoms with Gasteiger partial charge in [0.1, 0.15) is 5.58 Å². The zero-order chi connectivity index (χ0) is 22.9. The first-order valence-electron chi connectivity index (χ1n) is 11.6. The van der Waals surface area contributed by atoms with Gasteiger partial charge in [-0.05, 0) is 60.5 Å². The molecule has 0 atom stereocenters. The van der Waals surface area contributed by atoms with Crippen LogP contribution in [0, 0.1) is 0 Å². The van der Waals surface area contributed by atoms with Gasteiger partial charge in [-0.15, -0.1) is 10.2 Å². The molecule has 1 fully saturated rings. The number of thioether (sulfide) groups is 1. The van der Waals surface area contributed by atoms with Gasteiger partial charge in [-0.3, -0.25) is 9.47 Å². The zero-order valence-electron chi connectivity index (χ0n) is 18.7. The third-order valence-corrected chi connectivity index (χ3v) is 7.33. The van der Waals surface area contributed by atoms with Gasteiger partial charge in [-0.2, -0.15) is 0 Å². The molecule has 0 spiro atoms. The number of aromatic nitrogens is 3. The summed E-state index contributed by atoms with van der Waals surface area (Å²) in [5.41, 5.74) is 2.27. The molecule has 0 aliphatic carbocycles. The first-order chi connectivity index (χ1) is 16.8. The van der Waals surface area contributed by atoms with E-state index < -0.39 is 0 Å². The molecule has 0 saturated carbocycles. The van der Waals surface area contributed by atoms with Crippen LogP contribution in [0.5, 0.6) is 0 Å². The van der Waals surface area contributed by atoms with Crippen molar-refractivity contribution in [3.8, 4) is 5.69 Å². The Morgan fingerprint density at radius 3 is 2.56 bits per heavy atom. The highest BCUT2D eigenvalue weighted by molar-refractivity contribution is 7.98. The van der Waals surface area contributed by atoms with Gasteiger partial charge in [0, 0.05) is 22.9 Å². The number of hydrogen-bond donors (Lipinski definition) is 0. The maximum absolute atomic E-state index is 12.3. The molecule has 170 valence electrons. The fourth-order valence-corrected chi connectivity index (χ4v) is 5.70. The predicted octanol–water partition coefficient (Wildman–Crippen LogP) is 5.42. The summed E-state index contributed by atoms with van der Waals surface area (Å²) in [6, 6.07) is 23.9. The van der Waals surface area contributed by atoms with E-state index in [-0.39, 0.29) is 5.63 Å². The molecular weight excluding hydrogens is 444 g/mol. The lowest BCUT2D eigenvalue weighted by Crippen LogP contribution is -2.21. The van der Waals surface area contributed by atoms with E-state index in [1.54, 1.807) is 17.8 Å². The summed E-state index contributed by atoms with van der Waals surface area (Å²) in [6.07, 6.45) is 2.47. The van der Waals surface area contributed by atoms with Gasteiger partial charge in [0.25, 0.3) is 0 Å². The predicted molar refractivity (Wildman–Crippen MR) is 135 cm³/mol. The summed E-state index contributed by atoms with van der Waals surface area (Å²) in [4.78, 5) is 14.8. The van der Waals surface area contributed by atoms with Gasteiger partial charge >= 0.3 is 5.63 Å². The van der Waals surface area contributed by atoms with Gasteiger partial charge in [0.15, 0.2) is 11.0 Å². The van der Waals surface area contributed by atoms with Crippen LogP contribution in [0.1, 0.15) is 24.2 Å². The fourth-order valence-electron chi connectivity index (χ4n) is 4.75. The number of nitrogens with zero attached hydrogens (tertiary/aromatic N) is 4. The SMILES string of the molecule is O=c1cc(CSc2nnc(CN3CCCC3)n2-c2ccccc2)c2c(ccc3ccccc32)o1. The van der Waals surface area contributed by atoms with Crippen LogP contribution in [0.4, 0.5) is 0 Å². The molecule has 2 aromatic heterocycles. The number of likely N-dealkylation sites (tertiary alicyclic amines) is 1. The molecule has 3 aromatic carbocycles. The summed E-state index contributed by atoms with van der Waals surface area (Å²) in [7, 11) is 0. The molecule has 1 aliphatic rings. The molecule has 6 rings (SSSR count). The van der Waals surface area contributed by atoms with Crippen LogP contribution in [0.3, 0.4) is 0 Å². The summed E-state index contributed by atoms with van der Waals surface area (Å²) in [6.45, 7) is 2.98. The summed E-state index contributed by atoms with van der Waals surface area (Å²) in [5.74, 6) is 1.53. The number of hydrogen-bond acceptors (Lipinski definition) is 6. The molecule has 0 amide bonds. The van der Waals surface area contributed by atoms with Crippen LogP contribution in [-0.2, 0) is 12.3 Å². The van der Waals surface area contributed by atoms with Crippen LogP contribution in [-0.4, -0.2) is 32.8 Å². The smallest absolute Gasteiger partial charge is 0.336 e. The highest BCUT2D eigenvalue weighted by atomic mass is 32.2. The zero-order valence-corrected chi connectivity index (χ0v) is 19.5. The third-order valence-electron chi connectivity index (χ3n) is 6.35. The van der Waals surface area contributed by atoms with Crippen LogP contribution in [0.15, 0.2) is 87.2 Å². The molecule has 1 aliphatic heterocycles. The molecule has 1 saturated heterocycles. The molecule has 5 aromatic rings. The quantitative estimate of drug-likeness (QED) is 0.188. The Hall–Kier alpha value is -3.42. The third kappa shape index (κ3) is 4.02. The summed E-state index contributed by atoms with van der Waals surface area (Å²) in [5, 5.41) is 13.1. The Kier molecular flexibility index (Phi) is 5.65. The van der Waals surface area contributed by atoms with Crippen molar-refractivity contribution in [2.75, 3.05) is 13.1 Å². The first-order valence-corrected chi connectivity index (χ1v) is 12.5. The minimum absolute atomic E-state index is 0.336. The summed E-state index contributed by atoms with van der Waals surface area (Å²) < 4.78 is 7.68. The second-order valence-corrected chi connectivity index (χ2v) is 9.53. The van der Waals surface area contributed by atoms with Crippen molar-refractivity contribution < 1.29 is 4.42 Å². The van der Waals surface area contributed by atoms with E-state index in [1.165, 1.54) is 12.8 Å². The van der Waals surface area contributed by atoms with E-state index in [1.807, 2.05) is 42.5 Å². The molecule has 6 nitrogen and oxygen atoms in total. The first kappa shape index (κ1) is 21.1. The average Bonchev–Trinajstić information content (AvgIpc) is 3.53. The van der Waals surface area contributed by atoms with Gasteiger partial charge in [0.2, 0.25) is 0 Å². The van der Waals surface area contributed by atoms with E-state index in [2.05, 4.69) is 43.9 Å². The molecule has 34 heavy (non-hydrogen) atoms. The minimum atomic E-state index is -0.336. The fraction of sp³-hybridized carbons (Fsp3) is 0.222. The van der Waals surface area contributed by atoms with E-state index in [0.29, 0.717) is 11.3 Å². The average molecular weight is 469 g/mol. The number of para-hydroxylation sites is 1. The Morgan fingerprint density at radius 1 is 0.912 bits per heavy atom. The van der Waals surface area contributed by atoms with E-state index in [9.17, 15) is 4.79 Å². The van der Waals surface area contributed by atoms with E-state index >= 15 is 0 Å². The molecule has 0 bridgehead atoms. The van der Waals surface area contributed by atoms with Crippen molar-refractivity contribution in [3.05, 3.63) is 94.6 Å². The maximum Gasteiger partial charge on any atom is 0.336 e. The second kappa shape index (κ2) is 9.08. The molecule has 0 radical (unpaired) electrons. The maximum atomic E-state index is 12.3. The number of benzene rings is 3. The number of rotatable bonds is 6. The normalized spacial score (nSPS) is 14.4. The largest absolute Gasteiger partial charge is 0.423 e. The van der Waals surface area contributed by atoms with Crippen LogP contribution >= 0.6 is 11.8 Å². The summed E-state index contributed by atoms with van der Waals surface area (Å²) >= 11 is 1.60. The van der Waals surface area contributed by atoms with Gasteiger partial charge < -0.3 is 4.42 Å². The Balaban J connectivity index is 1.39. The van der Waals surface area contributed by atoms with Crippen molar-refractivity contribution in [2.45, 2.75) is 30.3 Å². The second-order valence-electron chi connectivity index (χ2n) is 8.59. The van der Waals surface area contributed by atoms with Gasteiger partial charge in [0.05, 0.1) is 6.54 Å². The van der Waals surface area contributed by atoms with E-state index in [4.69, 9.17) is 4.42 Å². The van der Waals surface area contributed by atoms with Crippen LogP contribution in [0.25, 0.3) is 27.4 Å². The lowest BCUT2D eigenvalue weighted by atomic mass is 10.0. The van der Waals surface area contributed by atoms with E-state index in [0.717, 1.165) is 58.0 Å². The Bertz CT molecular complexity index is 1520. The van der Waals surface area contributed by atoms with Crippen molar-refractivity contribution in [2.24, 2.45) is 0 Å². The molecule has 7 heteroatoms. The molecule has 0 unspecified atom stereocenters. The van der Waals surface area contributed by atoms with Crippen molar-refractivity contribution >= 4 is 33.5 Å². The minimum Gasteiger partial charge on any atom is -0.423 e. The molecule has 0 N–H and O–H groups in total. The topological polar surface area (TPSA) is 64.2 Å². The lowest BCUT2D eigenvalue weighted by molar-refractivity contribution is 0.319. The Morgan fingerprint density at radius 2 is 1.71 bits per heavy atom. The van der Waals surface area contributed by atoms with Gasteiger partial charge in [-0.25, -0.2) is 4.79 Å². The highest BCUT2D eigenvalue weighted by Crippen LogP contribution is 2.32. The monoisotopic (exact) mass is 468 g/mol. The molecule has 3 heterocycles. The van der Waals surface area contributed by atoms with Crippen LogP contribution < -0.4 is 5.63 Å². The highest BCUT2D eigenvalue weighted by Gasteiger charge is 2.20. The van der Waals surface area contributed by atoms with Crippen LogP contribution in [0.2, 0.25) is 0 Å². The lowest BCUT2D eigenvalue weighted by Gasteiger charge is -2.16. The van der Waals surface area contributed by atoms with Crippen molar-refractivity contribution in [1.29, 1.82) is 0 Å². The Labute approximate surface area is 201 Å². The number of fused-ring (bicyclic) bond motifs is 3. The standard InChI is InChI=1S/C27H24N4O2S/c32-25-16-20(26-22-11-5-4-8-19(22)12-13-23(26)33-25)18-34-27-29-28-24(17-30-14-6-7-15-30)31(27)21-9-2-1-3-10-21/h1-5,8-13,16H,6-7,14-15,17-18H2. The van der Waals surface area contributed by atoms with Gasteiger partial charge in [-0.1, -0.05) is 60.3 Å². The van der Waals surface area contributed by atoms with Crippen molar-refractivity contribution in [1.82, 2.24) is 19.7 Å².